The molecule has 0 aromatic carbocycles. The van der Waals surface area contributed by atoms with Crippen LogP contribution >= 0.6 is 11.8 Å². The number of aromatic amines is 1. The number of fused-ring (bicyclic) bond motifs is 1. The van der Waals surface area contributed by atoms with E-state index in [0.717, 1.165) is 0 Å². The molecule has 2 N–H and O–H groups in total. The van der Waals surface area contributed by atoms with Gasteiger partial charge >= 0.3 is 0 Å². The molecule has 1 unspecified atom stereocenters. The molecule has 1 aliphatic rings. The summed E-state index contributed by atoms with van der Waals surface area (Å²) in [5.41, 5.74) is 0.454. The van der Waals surface area contributed by atoms with Gasteiger partial charge in [-0.25, -0.2) is 0 Å². The number of hydrogen-bond acceptors (Lipinski definition) is 3. The van der Waals surface area contributed by atoms with Crippen molar-refractivity contribution in [3.05, 3.63) is 11.5 Å². The van der Waals surface area contributed by atoms with Crippen molar-refractivity contribution in [2.24, 2.45) is 0 Å². The first-order valence-corrected chi connectivity index (χ1v) is 4.88. The minimum atomic E-state index is -0.461. The molecule has 0 bridgehead atoms. The number of aromatic nitrogens is 2. The van der Waals surface area contributed by atoms with E-state index in [4.69, 9.17) is 0 Å². The van der Waals surface area contributed by atoms with Crippen LogP contribution in [0.4, 0.5) is 10.2 Å². The van der Waals surface area contributed by atoms with Crippen molar-refractivity contribution in [2.45, 2.75) is 12.2 Å². The standard InChI is InChI=1S/C7H8FN3OS/c1-3-5-6(8)10-11-7(5)9-4(12)2-13-3/h3H,2H2,1H3,(H2,9,10,11,12). The van der Waals surface area contributed by atoms with Crippen molar-refractivity contribution in [1.82, 2.24) is 10.2 Å². The van der Waals surface area contributed by atoms with Gasteiger partial charge in [0.25, 0.3) is 0 Å². The Morgan fingerprint density at radius 2 is 2.46 bits per heavy atom. The van der Waals surface area contributed by atoms with Crippen LogP contribution in [0.25, 0.3) is 0 Å². The van der Waals surface area contributed by atoms with Gasteiger partial charge in [0.05, 0.1) is 11.3 Å². The topological polar surface area (TPSA) is 57.8 Å². The Morgan fingerprint density at radius 3 is 3.23 bits per heavy atom. The summed E-state index contributed by atoms with van der Waals surface area (Å²) in [6.45, 7) is 1.85. The Kier molecular flexibility index (Phi) is 1.99. The fraction of sp³-hybridized carbons (Fsp3) is 0.429. The van der Waals surface area contributed by atoms with Crippen LogP contribution in [0.5, 0.6) is 0 Å². The largest absolute Gasteiger partial charge is 0.308 e. The fourth-order valence-electron chi connectivity index (χ4n) is 1.25. The van der Waals surface area contributed by atoms with Crippen LogP contribution < -0.4 is 5.32 Å². The highest BCUT2D eigenvalue weighted by Gasteiger charge is 2.25. The monoisotopic (exact) mass is 201 g/mol. The number of amides is 1. The molecule has 1 atom stereocenters. The van der Waals surface area contributed by atoms with Crippen LogP contribution in [0.3, 0.4) is 0 Å². The lowest BCUT2D eigenvalue weighted by molar-refractivity contribution is -0.113. The third-order valence-corrected chi connectivity index (χ3v) is 3.05. The molecule has 70 valence electrons. The minimum Gasteiger partial charge on any atom is -0.308 e. The van der Waals surface area contributed by atoms with Gasteiger partial charge in [-0.15, -0.1) is 11.8 Å². The molecule has 2 heterocycles. The number of thioether (sulfide) groups is 1. The smallest absolute Gasteiger partial charge is 0.235 e. The molecule has 0 saturated heterocycles. The molecule has 6 heteroatoms. The Morgan fingerprint density at radius 1 is 1.69 bits per heavy atom. The normalized spacial score (nSPS) is 22.0. The molecule has 0 fully saturated rings. The zero-order valence-electron chi connectivity index (χ0n) is 6.93. The molecule has 2 rings (SSSR count). The third-order valence-electron chi connectivity index (χ3n) is 1.89. The number of anilines is 1. The first kappa shape index (κ1) is 8.55. The van der Waals surface area contributed by atoms with E-state index < -0.39 is 5.95 Å². The number of carbonyl (C=O) groups excluding carboxylic acids is 1. The summed E-state index contributed by atoms with van der Waals surface area (Å²) in [6, 6.07) is 0. The molecule has 1 aromatic rings. The summed E-state index contributed by atoms with van der Waals surface area (Å²) >= 11 is 1.40. The van der Waals surface area contributed by atoms with Gasteiger partial charge in [0.2, 0.25) is 11.9 Å². The highest BCUT2D eigenvalue weighted by Crippen LogP contribution is 2.36. The summed E-state index contributed by atoms with van der Waals surface area (Å²) in [5, 5.41) is 8.37. The summed E-state index contributed by atoms with van der Waals surface area (Å²) < 4.78 is 13.1. The van der Waals surface area contributed by atoms with Gasteiger partial charge in [-0.3, -0.25) is 9.89 Å². The Labute approximate surface area is 78.3 Å². The van der Waals surface area contributed by atoms with Crippen molar-refractivity contribution in [3.8, 4) is 0 Å². The number of H-pyrrole nitrogens is 1. The lowest BCUT2D eigenvalue weighted by Gasteiger charge is -2.04. The van der Waals surface area contributed by atoms with E-state index in [-0.39, 0.29) is 11.2 Å². The molecular weight excluding hydrogens is 193 g/mol. The molecule has 4 nitrogen and oxygen atoms in total. The molecule has 1 amide bonds. The Bertz CT molecular complexity index is 352. The summed E-state index contributed by atoms with van der Waals surface area (Å²) in [5.74, 6) is 0.0658. The highest BCUT2D eigenvalue weighted by molar-refractivity contribution is 8.00. The van der Waals surface area contributed by atoms with Gasteiger partial charge in [0, 0.05) is 5.25 Å². The summed E-state index contributed by atoms with van der Waals surface area (Å²) in [4.78, 5) is 11.1. The minimum absolute atomic E-state index is 0.0484. The van der Waals surface area contributed by atoms with E-state index in [2.05, 4.69) is 15.5 Å². The lowest BCUT2D eigenvalue weighted by atomic mass is 10.2. The van der Waals surface area contributed by atoms with Crippen molar-refractivity contribution < 1.29 is 9.18 Å². The maximum absolute atomic E-state index is 13.1. The highest BCUT2D eigenvalue weighted by atomic mass is 32.2. The second-order valence-corrected chi connectivity index (χ2v) is 4.13. The zero-order valence-corrected chi connectivity index (χ0v) is 7.74. The van der Waals surface area contributed by atoms with Gasteiger partial charge in [0.1, 0.15) is 0 Å². The second-order valence-electron chi connectivity index (χ2n) is 2.80. The molecule has 1 aromatic heterocycles. The van der Waals surface area contributed by atoms with E-state index in [0.29, 0.717) is 17.1 Å². The van der Waals surface area contributed by atoms with Crippen LogP contribution in [0.2, 0.25) is 0 Å². The lowest BCUT2D eigenvalue weighted by Crippen LogP contribution is -2.12. The average molecular weight is 201 g/mol. The molecule has 0 saturated carbocycles. The van der Waals surface area contributed by atoms with Gasteiger partial charge < -0.3 is 5.32 Å². The number of nitrogens with zero attached hydrogens (tertiary/aromatic N) is 1. The van der Waals surface area contributed by atoms with E-state index in [9.17, 15) is 9.18 Å². The van der Waals surface area contributed by atoms with Crippen molar-refractivity contribution in [1.29, 1.82) is 0 Å². The zero-order chi connectivity index (χ0) is 9.42. The third kappa shape index (κ3) is 1.41. The van der Waals surface area contributed by atoms with Crippen LogP contribution in [-0.2, 0) is 4.79 Å². The van der Waals surface area contributed by atoms with Crippen molar-refractivity contribution >= 4 is 23.5 Å². The first-order valence-electron chi connectivity index (χ1n) is 3.83. The van der Waals surface area contributed by atoms with Crippen molar-refractivity contribution in [3.63, 3.8) is 0 Å². The van der Waals surface area contributed by atoms with Crippen LogP contribution in [0.15, 0.2) is 0 Å². The van der Waals surface area contributed by atoms with E-state index >= 15 is 0 Å². The van der Waals surface area contributed by atoms with Gasteiger partial charge in [-0.2, -0.15) is 9.49 Å². The Balaban J connectivity index is 2.45. The van der Waals surface area contributed by atoms with E-state index in [1.54, 1.807) is 0 Å². The van der Waals surface area contributed by atoms with Crippen molar-refractivity contribution in [2.75, 3.05) is 11.1 Å². The first-order chi connectivity index (χ1) is 6.18. The van der Waals surface area contributed by atoms with Gasteiger partial charge in [-0.05, 0) is 6.92 Å². The number of hydrogen-bond donors (Lipinski definition) is 2. The van der Waals surface area contributed by atoms with Crippen LogP contribution in [0.1, 0.15) is 17.7 Å². The number of halogens is 1. The molecule has 1 aliphatic heterocycles. The van der Waals surface area contributed by atoms with Gasteiger partial charge in [0.15, 0.2) is 5.82 Å². The molecule has 0 aliphatic carbocycles. The predicted octanol–water partition coefficient (Wildman–Crippen LogP) is 1.30. The maximum atomic E-state index is 13.1. The second kappa shape index (κ2) is 3.02. The van der Waals surface area contributed by atoms with Crippen LogP contribution in [0, 0.1) is 5.95 Å². The number of rotatable bonds is 0. The van der Waals surface area contributed by atoms with Gasteiger partial charge in [-0.1, -0.05) is 0 Å². The molecule has 13 heavy (non-hydrogen) atoms. The van der Waals surface area contributed by atoms with E-state index in [1.165, 1.54) is 11.8 Å². The Hall–Kier alpha value is -1.04. The SMILES string of the molecule is CC1SCC(=O)Nc2n[nH]c(F)c21. The predicted molar refractivity (Wildman–Crippen MR) is 48.0 cm³/mol. The molecule has 0 spiro atoms. The number of nitrogens with one attached hydrogen (secondary N) is 2. The molecular formula is C7H8FN3OS. The number of carbonyl (C=O) groups is 1. The summed E-state index contributed by atoms with van der Waals surface area (Å²) in [6.07, 6.45) is 0. The van der Waals surface area contributed by atoms with Crippen LogP contribution in [-0.4, -0.2) is 21.9 Å². The maximum Gasteiger partial charge on any atom is 0.235 e. The quantitative estimate of drug-likeness (QED) is 0.665. The molecule has 0 radical (unpaired) electrons. The summed E-state index contributed by atoms with van der Waals surface area (Å²) in [7, 11) is 0. The van der Waals surface area contributed by atoms with E-state index in [1.807, 2.05) is 6.92 Å². The average Bonchev–Trinajstić information content (AvgIpc) is 2.36. The fourth-order valence-corrected chi connectivity index (χ4v) is 2.10.